The van der Waals surface area contributed by atoms with Crippen molar-refractivity contribution in [2.45, 2.75) is 38.8 Å². The summed E-state index contributed by atoms with van der Waals surface area (Å²) >= 11 is 0. The highest BCUT2D eigenvalue weighted by atomic mass is 16.6. The van der Waals surface area contributed by atoms with Gasteiger partial charge in [-0.05, 0) is 38.6 Å². The van der Waals surface area contributed by atoms with Crippen LogP contribution in [0.5, 0.6) is 0 Å². The lowest BCUT2D eigenvalue weighted by Crippen LogP contribution is -2.35. The number of hydrogen-bond acceptors (Lipinski definition) is 4. The molecule has 6 nitrogen and oxygen atoms in total. The average Bonchev–Trinajstić information content (AvgIpc) is 3.22. The molecule has 1 atom stereocenters. The highest BCUT2D eigenvalue weighted by Crippen LogP contribution is 2.32. The molecule has 2 aliphatic heterocycles. The first-order chi connectivity index (χ1) is 13.3. The Morgan fingerprint density at radius 3 is 2.68 bits per heavy atom. The van der Waals surface area contributed by atoms with Crippen LogP contribution < -0.4 is 10.6 Å². The normalized spacial score (nSPS) is 19.1. The van der Waals surface area contributed by atoms with Crippen LogP contribution >= 0.6 is 0 Å². The number of ether oxygens (including phenoxy) is 1. The molecule has 0 bridgehead atoms. The fourth-order valence-corrected chi connectivity index (χ4v) is 3.83. The van der Waals surface area contributed by atoms with Gasteiger partial charge >= 0.3 is 6.09 Å². The molecule has 1 fully saturated rings. The van der Waals surface area contributed by atoms with Crippen molar-refractivity contribution in [2.24, 2.45) is 0 Å². The van der Waals surface area contributed by atoms with Gasteiger partial charge in [-0.1, -0.05) is 36.4 Å². The van der Waals surface area contributed by atoms with Crippen molar-refractivity contribution in [3.05, 3.63) is 53.7 Å². The largest absolute Gasteiger partial charge is 0.443 e. The fourth-order valence-electron chi connectivity index (χ4n) is 3.83. The topological polar surface area (TPSA) is 70.7 Å². The zero-order chi connectivity index (χ0) is 19.9. The number of carbonyl (C=O) groups is 2. The maximum Gasteiger partial charge on any atom is 0.414 e. The Morgan fingerprint density at radius 2 is 1.89 bits per heavy atom. The third kappa shape index (κ3) is 3.47. The van der Waals surface area contributed by atoms with E-state index < -0.39 is 11.7 Å². The Kier molecular flexibility index (Phi) is 4.59. The van der Waals surface area contributed by atoms with E-state index in [-0.39, 0.29) is 11.9 Å². The van der Waals surface area contributed by atoms with Gasteiger partial charge in [-0.3, -0.25) is 9.69 Å². The quantitative estimate of drug-likeness (QED) is 0.836. The molecule has 2 aromatic rings. The van der Waals surface area contributed by atoms with Crippen LogP contribution in [-0.2, 0) is 9.53 Å². The summed E-state index contributed by atoms with van der Waals surface area (Å²) in [6.07, 6.45) is 0.378. The van der Waals surface area contributed by atoms with Crippen molar-refractivity contribution in [1.29, 1.82) is 0 Å². The van der Waals surface area contributed by atoms with Gasteiger partial charge in [0.1, 0.15) is 5.60 Å². The van der Waals surface area contributed by atoms with Gasteiger partial charge in [-0.15, -0.1) is 0 Å². The van der Waals surface area contributed by atoms with Crippen LogP contribution in [0.2, 0.25) is 0 Å². The molecular formula is C22H25N3O3. The molecule has 2 heterocycles. The fraction of sp³-hybridized carbons (Fsp3) is 0.364. The van der Waals surface area contributed by atoms with Gasteiger partial charge in [-0.2, -0.15) is 0 Å². The number of benzene rings is 2. The molecule has 28 heavy (non-hydrogen) atoms. The summed E-state index contributed by atoms with van der Waals surface area (Å²) in [6, 6.07) is 13.8. The van der Waals surface area contributed by atoms with Gasteiger partial charge < -0.3 is 15.4 Å². The Hall–Kier alpha value is -2.86. The van der Waals surface area contributed by atoms with Crippen LogP contribution in [0.1, 0.15) is 27.2 Å². The highest BCUT2D eigenvalue weighted by Gasteiger charge is 2.41. The molecule has 146 valence electrons. The number of nitrogens with one attached hydrogen (secondary N) is 2. The van der Waals surface area contributed by atoms with E-state index in [1.165, 1.54) is 0 Å². The van der Waals surface area contributed by atoms with Gasteiger partial charge in [0.15, 0.2) is 0 Å². The molecule has 1 unspecified atom stereocenters. The molecule has 0 radical (unpaired) electrons. The monoisotopic (exact) mass is 379 g/mol. The SMILES string of the molecule is CC(C)(C)OC(=O)N1CCC2NCC(C(=O)Nc3cccc4ccccc34)=C21. The van der Waals surface area contributed by atoms with Crippen molar-refractivity contribution in [1.82, 2.24) is 10.2 Å². The Labute approximate surface area is 164 Å². The van der Waals surface area contributed by atoms with Crippen molar-refractivity contribution in [2.75, 3.05) is 18.4 Å². The van der Waals surface area contributed by atoms with Crippen LogP contribution in [0.3, 0.4) is 0 Å². The zero-order valence-corrected chi connectivity index (χ0v) is 16.4. The van der Waals surface area contributed by atoms with Crippen molar-refractivity contribution >= 4 is 28.5 Å². The predicted octanol–water partition coefficient (Wildman–Crippen LogP) is 3.65. The standard InChI is InChI=1S/C22H25N3O3/c1-22(2,3)28-21(27)25-12-11-18-19(25)16(13-23-18)20(26)24-17-10-6-8-14-7-4-5-9-15(14)17/h4-10,18,23H,11-13H2,1-3H3,(H,24,26). The maximum absolute atomic E-state index is 13.1. The first kappa shape index (κ1) is 18.5. The van der Waals surface area contributed by atoms with Crippen LogP contribution in [0, 0.1) is 0 Å². The molecule has 0 aliphatic carbocycles. The number of rotatable bonds is 2. The molecule has 2 aromatic carbocycles. The Balaban J connectivity index is 1.62. The van der Waals surface area contributed by atoms with Gasteiger partial charge in [-0.25, -0.2) is 4.79 Å². The minimum Gasteiger partial charge on any atom is -0.443 e. The second-order valence-corrected chi connectivity index (χ2v) is 8.20. The van der Waals surface area contributed by atoms with Crippen LogP contribution in [0.25, 0.3) is 10.8 Å². The third-order valence-electron chi connectivity index (χ3n) is 5.02. The molecular weight excluding hydrogens is 354 g/mol. The summed E-state index contributed by atoms with van der Waals surface area (Å²) in [5.41, 5.74) is 1.53. The second-order valence-electron chi connectivity index (χ2n) is 8.20. The predicted molar refractivity (Wildman–Crippen MR) is 109 cm³/mol. The molecule has 0 spiro atoms. The number of hydrogen-bond donors (Lipinski definition) is 2. The zero-order valence-electron chi connectivity index (χ0n) is 16.4. The van der Waals surface area contributed by atoms with E-state index in [0.717, 1.165) is 28.6 Å². The number of anilines is 1. The summed E-state index contributed by atoms with van der Waals surface area (Å²) in [5, 5.41) is 8.42. The van der Waals surface area contributed by atoms with Crippen molar-refractivity contribution in [3.63, 3.8) is 0 Å². The summed E-state index contributed by atoms with van der Waals surface area (Å²) < 4.78 is 5.53. The number of likely N-dealkylation sites (tertiary alicyclic amines) is 1. The number of nitrogens with zero attached hydrogens (tertiary/aromatic N) is 1. The second kappa shape index (κ2) is 6.95. The lowest BCUT2D eigenvalue weighted by molar-refractivity contribution is -0.112. The van der Waals surface area contributed by atoms with Crippen LogP contribution in [0.4, 0.5) is 10.5 Å². The van der Waals surface area contributed by atoms with Crippen LogP contribution in [0.15, 0.2) is 53.7 Å². The molecule has 6 heteroatoms. The van der Waals surface area contributed by atoms with Crippen molar-refractivity contribution in [3.8, 4) is 0 Å². The molecule has 2 aliphatic rings. The van der Waals surface area contributed by atoms with Gasteiger partial charge in [0.2, 0.25) is 0 Å². The number of carbonyl (C=O) groups excluding carboxylic acids is 2. The third-order valence-corrected chi connectivity index (χ3v) is 5.02. The maximum atomic E-state index is 13.1. The summed E-state index contributed by atoms with van der Waals surface area (Å²) in [6.45, 7) is 6.51. The van der Waals surface area contributed by atoms with E-state index in [2.05, 4.69) is 10.6 Å². The minimum atomic E-state index is -0.576. The van der Waals surface area contributed by atoms with E-state index in [0.29, 0.717) is 18.7 Å². The lowest BCUT2D eigenvalue weighted by Gasteiger charge is -2.25. The van der Waals surface area contributed by atoms with Gasteiger partial charge in [0.25, 0.3) is 5.91 Å². The number of fused-ring (bicyclic) bond motifs is 2. The first-order valence-electron chi connectivity index (χ1n) is 9.59. The number of amides is 2. The van der Waals surface area contributed by atoms with Crippen LogP contribution in [-0.4, -0.2) is 41.6 Å². The molecule has 0 aromatic heterocycles. The summed E-state index contributed by atoms with van der Waals surface area (Å²) in [4.78, 5) is 27.3. The molecule has 0 saturated carbocycles. The summed E-state index contributed by atoms with van der Waals surface area (Å²) in [5.74, 6) is -0.184. The van der Waals surface area contributed by atoms with E-state index in [9.17, 15) is 9.59 Å². The lowest BCUT2D eigenvalue weighted by atomic mass is 10.1. The first-order valence-corrected chi connectivity index (χ1v) is 9.59. The molecule has 1 saturated heterocycles. The van der Waals surface area contributed by atoms with E-state index in [4.69, 9.17) is 4.74 Å². The Bertz CT molecular complexity index is 969. The van der Waals surface area contributed by atoms with Gasteiger partial charge in [0, 0.05) is 24.2 Å². The molecule has 2 amide bonds. The molecule has 2 N–H and O–H groups in total. The highest BCUT2D eigenvalue weighted by molar-refractivity contribution is 6.10. The molecule has 4 rings (SSSR count). The van der Waals surface area contributed by atoms with E-state index >= 15 is 0 Å². The smallest absolute Gasteiger partial charge is 0.414 e. The summed E-state index contributed by atoms with van der Waals surface area (Å²) in [7, 11) is 0. The van der Waals surface area contributed by atoms with E-state index in [1.54, 1.807) is 4.90 Å². The Morgan fingerprint density at radius 1 is 1.14 bits per heavy atom. The van der Waals surface area contributed by atoms with Gasteiger partial charge in [0.05, 0.1) is 17.3 Å². The van der Waals surface area contributed by atoms with Crippen molar-refractivity contribution < 1.29 is 14.3 Å². The van der Waals surface area contributed by atoms with E-state index in [1.807, 2.05) is 63.2 Å². The minimum absolute atomic E-state index is 0.0146. The average molecular weight is 379 g/mol.